The zero-order chi connectivity index (χ0) is 10.7. The van der Waals surface area contributed by atoms with Crippen molar-refractivity contribution in [1.29, 1.82) is 0 Å². The van der Waals surface area contributed by atoms with Gasteiger partial charge in [-0.05, 0) is 37.6 Å². The third kappa shape index (κ3) is 2.58. The highest BCUT2D eigenvalue weighted by Crippen LogP contribution is 2.16. The third-order valence-corrected chi connectivity index (χ3v) is 2.57. The maximum atomic E-state index is 11.8. The predicted octanol–water partition coefficient (Wildman–Crippen LogP) is 2.85. The molecule has 14 heavy (non-hydrogen) atoms. The molecule has 0 aliphatic heterocycles. The van der Waals surface area contributed by atoms with Gasteiger partial charge in [0.1, 0.15) is 0 Å². The molecule has 3 heteroatoms. The lowest BCUT2D eigenvalue weighted by molar-refractivity contribution is 0.0802. The summed E-state index contributed by atoms with van der Waals surface area (Å²) in [5.41, 5.74) is 1.83. The molecule has 0 fully saturated rings. The van der Waals surface area contributed by atoms with E-state index in [1.165, 1.54) is 0 Å². The van der Waals surface area contributed by atoms with Crippen LogP contribution in [0.2, 0.25) is 0 Å². The molecule has 76 valence electrons. The highest BCUT2D eigenvalue weighted by atomic mass is 79.9. The molecule has 1 aromatic carbocycles. The van der Waals surface area contributed by atoms with Crippen LogP contribution >= 0.6 is 15.9 Å². The van der Waals surface area contributed by atoms with Crippen LogP contribution in [-0.2, 0) is 0 Å². The van der Waals surface area contributed by atoms with Gasteiger partial charge in [0.05, 0.1) is 0 Å². The molecule has 0 unspecified atom stereocenters. The van der Waals surface area contributed by atoms with E-state index in [4.69, 9.17) is 0 Å². The smallest absolute Gasteiger partial charge is 0.253 e. The van der Waals surface area contributed by atoms with Crippen LogP contribution in [-0.4, -0.2) is 24.4 Å². The Balaban J connectivity index is 3.01. The molecule has 1 rings (SSSR count). The monoisotopic (exact) mass is 255 g/mol. The maximum Gasteiger partial charge on any atom is 0.253 e. The Kier molecular flexibility index (Phi) is 3.69. The van der Waals surface area contributed by atoms with Crippen LogP contribution < -0.4 is 0 Å². The van der Waals surface area contributed by atoms with Crippen molar-refractivity contribution in [3.8, 4) is 0 Å². The third-order valence-electron chi connectivity index (χ3n) is 2.11. The van der Waals surface area contributed by atoms with Gasteiger partial charge in [-0.2, -0.15) is 0 Å². The lowest BCUT2D eigenvalue weighted by atomic mass is 10.1. The summed E-state index contributed by atoms with van der Waals surface area (Å²) in [6, 6.07) is 5.74. The molecule has 0 radical (unpaired) electrons. The van der Waals surface area contributed by atoms with Crippen molar-refractivity contribution in [2.45, 2.75) is 13.8 Å². The lowest BCUT2D eigenvalue weighted by Gasteiger charge is -2.14. The van der Waals surface area contributed by atoms with Crippen LogP contribution in [0.5, 0.6) is 0 Å². The Hall–Kier alpha value is -0.830. The van der Waals surface area contributed by atoms with E-state index in [1.54, 1.807) is 11.9 Å². The van der Waals surface area contributed by atoms with Crippen LogP contribution in [0.25, 0.3) is 0 Å². The fourth-order valence-corrected chi connectivity index (χ4v) is 1.83. The van der Waals surface area contributed by atoms with Crippen molar-refractivity contribution in [3.05, 3.63) is 33.8 Å². The molecule has 0 saturated carbocycles. The van der Waals surface area contributed by atoms with Gasteiger partial charge >= 0.3 is 0 Å². The number of nitrogens with zero attached hydrogens (tertiary/aromatic N) is 1. The molecule has 0 heterocycles. The molecule has 0 spiro atoms. The second-order valence-corrected chi connectivity index (χ2v) is 4.25. The molecule has 2 nitrogen and oxygen atoms in total. The van der Waals surface area contributed by atoms with Crippen molar-refractivity contribution in [2.75, 3.05) is 13.6 Å². The number of carbonyl (C=O) groups is 1. The normalized spacial score (nSPS) is 10.0. The van der Waals surface area contributed by atoms with E-state index in [-0.39, 0.29) is 5.91 Å². The molecule has 0 bridgehead atoms. The topological polar surface area (TPSA) is 20.3 Å². The van der Waals surface area contributed by atoms with Gasteiger partial charge < -0.3 is 4.90 Å². The first kappa shape index (κ1) is 11.2. The Labute approximate surface area is 93.0 Å². The van der Waals surface area contributed by atoms with Crippen molar-refractivity contribution in [3.63, 3.8) is 0 Å². The summed E-state index contributed by atoms with van der Waals surface area (Å²) >= 11 is 3.38. The van der Waals surface area contributed by atoms with Crippen LogP contribution in [0.3, 0.4) is 0 Å². The fraction of sp³-hybridized carbons (Fsp3) is 0.364. The van der Waals surface area contributed by atoms with Gasteiger partial charge in [-0.1, -0.05) is 15.9 Å². The predicted molar refractivity (Wildman–Crippen MR) is 61.5 cm³/mol. The van der Waals surface area contributed by atoms with E-state index in [2.05, 4.69) is 15.9 Å². The first-order chi connectivity index (χ1) is 6.54. The summed E-state index contributed by atoms with van der Waals surface area (Å²) in [6.45, 7) is 4.67. The number of rotatable bonds is 2. The van der Waals surface area contributed by atoms with Gasteiger partial charge in [0.15, 0.2) is 0 Å². The number of halogens is 1. The number of benzene rings is 1. The van der Waals surface area contributed by atoms with E-state index in [9.17, 15) is 4.79 Å². The highest BCUT2D eigenvalue weighted by Gasteiger charge is 2.10. The maximum absolute atomic E-state index is 11.8. The molecule has 0 aliphatic rings. The van der Waals surface area contributed by atoms with Crippen LogP contribution in [0.1, 0.15) is 22.8 Å². The standard InChI is InChI=1S/C11H14BrNO/c1-4-13(3)11(14)9-5-8(2)6-10(12)7-9/h5-7H,4H2,1-3H3. The molecule has 0 atom stereocenters. The first-order valence-corrected chi connectivity index (χ1v) is 5.36. The van der Waals surface area contributed by atoms with E-state index < -0.39 is 0 Å². The molecule has 0 N–H and O–H groups in total. The molecular formula is C11H14BrNO. The average Bonchev–Trinajstić information content (AvgIpc) is 2.14. The summed E-state index contributed by atoms with van der Waals surface area (Å²) in [5, 5.41) is 0. The van der Waals surface area contributed by atoms with Gasteiger partial charge in [0.25, 0.3) is 5.91 Å². The largest absolute Gasteiger partial charge is 0.342 e. The minimum Gasteiger partial charge on any atom is -0.342 e. The zero-order valence-corrected chi connectivity index (χ0v) is 10.3. The SMILES string of the molecule is CCN(C)C(=O)c1cc(C)cc(Br)c1. The highest BCUT2D eigenvalue weighted by molar-refractivity contribution is 9.10. The number of carbonyl (C=O) groups excluding carboxylic acids is 1. The minimum atomic E-state index is 0.0666. The summed E-state index contributed by atoms with van der Waals surface area (Å²) in [5.74, 6) is 0.0666. The number of hydrogen-bond donors (Lipinski definition) is 0. The molecule has 0 aliphatic carbocycles. The Morgan fingerprint density at radius 1 is 1.43 bits per heavy atom. The second kappa shape index (κ2) is 4.60. The molecule has 0 aromatic heterocycles. The molecule has 0 saturated heterocycles. The molecule has 1 aromatic rings. The average molecular weight is 256 g/mol. The number of hydrogen-bond acceptors (Lipinski definition) is 1. The Bertz CT molecular complexity index is 329. The van der Waals surface area contributed by atoms with Gasteiger partial charge in [0.2, 0.25) is 0 Å². The van der Waals surface area contributed by atoms with Crippen molar-refractivity contribution >= 4 is 21.8 Å². The minimum absolute atomic E-state index is 0.0666. The van der Waals surface area contributed by atoms with E-state index >= 15 is 0 Å². The summed E-state index contributed by atoms with van der Waals surface area (Å²) < 4.78 is 0.949. The Morgan fingerprint density at radius 2 is 2.07 bits per heavy atom. The summed E-state index contributed by atoms with van der Waals surface area (Å²) in [6.07, 6.45) is 0. The summed E-state index contributed by atoms with van der Waals surface area (Å²) in [7, 11) is 1.80. The second-order valence-electron chi connectivity index (χ2n) is 3.34. The van der Waals surface area contributed by atoms with Gasteiger partial charge in [-0.25, -0.2) is 0 Å². The van der Waals surface area contributed by atoms with Crippen molar-refractivity contribution in [2.24, 2.45) is 0 Å². The van der Waals surface area contributed by atoms with E-state index in [1.807, 2.05) is 32.0 Å². The van der Waals surface area contributed by atoms with Crippen molar-refractivity contribution < 1.29 is 4.79 Å². The van der Waals surface area contributed by atoms with E-state index in [0.717, 1.165) is 22.1 Å². The fourth-order valence-electron chi connectivity index (χ4n) is 1.22. The van der Waals surface area contributed by atoms with E-state index in [0.29, 0.717) is 0 Å². The molecule has 1 amide bonds. The van der Waals surface area contributed by atoms with Gasteiger partial charge in [-0.3, -0.25) is 4.79 Å². The number of aryl methyl sites for hydroxylation is 1. The van der Waals surface area contributed by atoms with Gasteiger partial charge in [0, 0.05) is 23.6 Å². The van der Waals surface area contributed by atoms with Crippen LogP contribution in [0.4, 0.5) is 0 Å². The lowest BCUT2D eigenvalue weighted by Crippen LogP contribution is -2.26. The summed E-state index contributed by atoms with van der Waals surface area (Å²) in [4.78, 5) is 13.5. The van der Waals surface area contributed by atoms with Gasteiger partial charge in [-0.15, -0.1) is 0 Å². The molecular weight excluding hydrogens is 242 g/mol. The van der Waals surface area contributed by atoms with Crippen LogP contribution in [0, 0.1) is 6.92 Å². The Morgan fingerprint density at radius 3 is 2.57 bits per heavy atom. The van der Waals surface area contributed by atoms with Crippen LogP contribution in [0.15, 0.2) is 22.7 Å². The first-order valence-electron chi connectivity index (χ1n) is 4.57. The quantitative estimate of drug-likeness (QED) is 0.796. The number of amides is 1. The zero-order valence-electron chi connectivity index (χ0n) is 8.67. The van der Waals surface area contributed by atoms with Crippen molar-refractivity contribution in [1.82, 2.24) is 4.90 Å².